The SMILES string of the molecule is CCOc1ccc(S(=O)(=O)N[C@H](C)CN)cc1. The quantitative estimate of drug-likeness (QED) is 0.787. The minimum absolute atomic E-state index is 0.209. The van der Waals surface area contributed by atoms with Crippen LogP contribution in [0.25, 0.3) is 0 Å². The van der Waals surface area contributed by atoms with Crippen molar-refractivity contribution in [2.45, 2.75) is 24.8 Å². The molecular weight excluding hydrogens is 240 g/mol. The molecule has 0 aromatic heterocycles. The molecule has 0 saturated carbocycles. The molecule has 0 bridgehead atoms. The molecule has 0 amide bonds. The zero-order valence-corrected chi connectivity index (χ0v) is 10.8. The van der Waals surface area contributed by atoms with Crippen LogP contribution in [0.5, 0.6) is 5.75 Å². The molecule has 0 fully saturated rings. The Hall–Kier alpha value is -1.11. The fraction of sp³-hybridized carbons (Fsp3) is 0.455. The molecule has 17 heavy (non-hydrogen) atoms. The van der Waals surface area contributed by atoms with Gasteiger partial charge in [0.05, 0.1) is 11.5 Å². The summed E-state index contributed by atoms with van der Waals surface area (Å²) in [6, 6.07) is 6.00. The molecule has 96 valence electrons. The van der Waals surface area contributed by atoms with Crippen LogP contribution in [0.1, 0.15) is 13.8 Å². The molecule has 0 radical (unpaired) electrons. The number of sulfonamides is 1. The number of rotatable bonds is 6. The third kappa shape index (κ3) is 3.99. The predicted molar refractivity (Wildman–Crippen MR) is 66.4 cm³/mol. The highest BCUT2D eigenvalue weighted by atomic mass is 32.2. The van der Waals surface area contributed by atoms with E-state index in [4.69, 9.17) is 10.5 Å². The van der Waals surface area contributed by atoms with E-state index in [-0.39, 0.29) is 17.5 Å². The summed E-state index contributed by atoms with van der Waals surface area (Å²) in [7, 11) is -3.49. The number of hydrogen-bond acceptors (Lipinski definition) is 4. The van der Waals surface area contributed by atoms with Crippen molar-refractivity contribution in [2.75, 3.05) is 13.2 Å². The molecule has 0 heterocycles. The lowest BCUT2D eigenvalue weighted by molar-refractivity contribution is 0.340. The average molecular weight is 258 g/mol. The Labute approximate surface area is 102 Å². The summed E-state index contributed by atoms with van der Waals surface area (Å²) >= 11 is 0. The first-order valence-electron chi connectivity index (χ1n) is 5.45. The normalized spacial score (nSPS) is 13.4. The summed E-state index contributed by atoms with van der Waals surface area (Å²) in [5, 5.41) is 0. The molecule has 3 N–H and O–H groups in total. The van der Waals surface area contributed by atoms with Gasteiger partial charge in [0.1, 0.15) is 5.75 Å². The molecule has 0 aliphatic heterocycles. The molecule has 1 aromatic rings. The highest BCUT2D eigenvalue weighted by Gasteiger charge is 2.16. The van der Waals surface area contributed by atoms with Gasteiger partial charge in [-0.3, -0.25) is 0 Å². The van der Waals surface area contributed by atoms with Gasteiger partial charge in [0.15, 0.2) is 0 Å². The lowest BCUT2D eigenvalue weighted by Crippen LogP contribution is -2.37. The lowest BCUT2D eigenvalue weighted by Gasteiger charge is -2.12. The van der Waals surface area contributed by atoms with Crippen molar-refractivity contribution < 1.29 is 13.2 Å². The third-order valence-corrected chi connectivity index (χ3v) is 3.76. The molecule has 5 nitrogen and oxygen atoms in total. The first kappa shape index (κ1) is 14.0. The van der Waals surface area contributed by atoms with Crippen molar-refractivity contribution >= 4 is 10.0 Å². The molecular formula is C11H18N2O3S. The van der Waals surface area contributed by atoms with Crippen molar-refractivity contribution in [1.29, 1.82) is 0 Å². The summed E-state index contributed by atoms with van der Waals surface area (Å²) < 4.78 is 31.4. The first-order valence-corrected chi connectivity index (χ1v) is 6.93. The fourth-order valence-corrected chi connectivity index (χ4v) is 2.52. The lowest BCUT2D eigenvalue weighted by atomic mass is 10.3. The molecule has 0 saturated heterocycles. The van der Waals surface area contributed by atoms with Crippen molar-refractivity contribution in [2.24, 2.45) is 5.73 Å². The second kappa shape index (κ2) is 6.00. The third-order valence-electron chi connectivity index (χ3n) is 2.15. The van der Waals surface area contributed by atoms with Crippen molar-refractivity contribution in [3.8, 4) is 5.75 Å². The van der Waals surface area contributed by atoms with Gasteiger partial charge in [0, 0.05) is 12.6 Å². The molecule has 1 atom stereocenters. The van der Waals surface area contributed by atoms with Gasteiger partial charge in [0.25, 0.3) is 0 Å². The van der Waals surface area contributed by atoms with E-state index in [9.17, 15) is 8.42 Å². The fourth-order valence-electron chi connectivity index (χ4n) is 1.26. The van der Waals surface area contributed by atoms with Crippen LogP contribution in [0.15, 0.2) is 29.2 Å². The summed E-state index contributed by atoms with van der Waals surface area (Å²) in [6.07, 6.45) is 0. The largest absolute Gasteiger partial charge is 0.494 e. The maximum absolute atomic E-state index is 11.9. The summed E-state index contributed by atoms with van der Waals surface area (Å²) in [4.78, 5) is 0.209. The highest BCUT2D eigenvalue weighted by Crippen LogP contribution is 2.15. The second-order valence-corrected chi connectivity index (χ2v) is 5.38. The van der Waals surface area contributed by atoms with Gasteiger partial charge in [-0.2, -0.15) is 0 Å². The van der Waals surface area contributed by atoms with Gasteiger partial charge in [-0.25, -0.2) is 13.1 Å². The Morgan fingerprint density at radius 3 is 2.41 bits per heavy atom. The Balaban J connectivity index is 2.85. The van der Waals surface area contributed by atoms with Crippen LogP contribution in [0.2, 0.25) is 0 Å². The van der Waals surface area contributed by atoms with Crippen LogP contribution in [-0.4, -0.2) is 27.6 Å². The Morgan fingerprint density at radius 2 is 1.94 bits per heavy atom. The van der Waals surface area contributed by atoms with Crippen molar-refractivity contribution in [3.63, 3.8) is 0 Å². The smallest absolute Gasteiger partial charge is 0.240 e. The van der Waals surface area contributed by atoms with Crippen LogP contribution in [0.3, 0.4) is 0 Å². The first-order chi connectivity index (χ1) is 7.99. The van der Waals surface area contributed by atoms with Crippen molar-refractivity contribution in [1.82, 2.24) is 4.72 Å². The van der Waals surface area contributed by atoms with Gasteiger partial charge in [-0.15, -0.1) is 0 Å². The summed E-state index contributed by atoms with van der Waals surface area (Å²) in [5.41, 5.74) is 5.37. The predicted octanol–water partition coefficient (Wildman–Crippen LogP) is 0.711. The van der Waals surface area contributed by atoms with Crippen molar-refractivity contribution in [3.05, 3.63) is 24.3 Å². The Kier molecular flexibility index (Phi) is 4.92. The van der Waals surface area contributed by atoms with E-state index in [1.54, 1.807) is 19.1 Å². The standard InChI is InChI=1S/C11H18N2O3S/c1-3-16-10-4-6-11(7-5-10)17(14,15)13-9(2)8-12/h4-7,9,13H,3,8,12H2,1-2H3/t9-/m1/s1. The van der Waals surface area contributed by atoms with E-state index < -0.39 is 10.0 Å². The molecule has 1 aromatic carbocycles. The zero-order chi connectivity index (χ0) is 12.9. The van der Waals surface area contributed by atoms with Crippen LogP contribution < -0.4 is 15.2 Å². The molecule has 6 heteroatoms. The van der Waals surface area contributed by atoms with Crippen LogP contribution in [-0.2, 0) is 10.0 Å². The molecule has 0 spiro atoms. The second-order valence-electron chi connectivity index (χ2n) is 3.66. The minimum atomic E-state index is -3.49. The minimum Gasteiger partial charge on any atom is -0.494 e. The highest BCUT2D eigenvalue weighted by molar-refractivity contribution is 7.89. The van der Waals surface area contributed by atoms with E-state index in [0.717, 1.165) is 0 Å². The van der Waals surface area contributed by atoms with E-state index >= 15 is 0 Å². The average Bonchev–Trinajstić information content (AvgIpc) is 2.29. The maximum Gasteiger partial charge on any atom is 0.240 e. The zero-order valence-electron chi connectivity index (χ0n) is 10.0. The summed E-state index contributed by atoms with van der Waals surface area (Å²) in [6.45, 7) is 4.39. The number of benzene rings is 1. The van der Waals surface area contributed by atoms with Gasteiger partial charge in [-0.05, 0) is 38.1 Å². The topological polar surface area (TPSA) is 81.4 Å². The number of nitrogens with one attached hydrogen (secondary N) is 1. The number of nitrogens with two attached hydrogens (primary N) is 1. The Bertz CT molecular complexity index is 442. The van der Waals surface area contributed by atoms with E-state index in [2.05, 4.69) is 4.72 Å². The molecule has 0 aliphatic carbocycles. The number of ether oxygens (including phenoxy) is 1. The van der Waals surface area contributed by atoms with E-state index in [0.29, 0.717) is 12.4 Å². The van der Waals surface area contributed by atoms with Gasteiger partial charge >= 0.3 is 0 Å². The maximum atomic E-state index is 11.9. The van der Waals surface area contributed by atoms with Gasteiger partial charge in [-0.1, -0.05) is 0 Å². The molecule has 0 aliphatic rings. The van der Waals surface area contributed by atoms with Crippen LogP contribution in [0, 0.1) is 0 Å². The number of hydrogen-bond donors (Lipinski definition) is 2. The van der Waals surface area contributed by atoms with Gasteiger partial charge < -0.3 is 10.5 Å². The van der Waals surface area contributed by atoms with E-state index in [1.807, 2.05) is 6.92 Å². The summed E-state index contributed by atoms with van der Waals surface area (Å²) in [5.74, 6) is 0.651. The van der Waals surface area contributed by atoms with E-state index in [1.165, 1.54) is 12.1 Å². The monoisotopic (exact) mass is 258 g/mol. The van der Waals surface area contributed by atoms with Crippen LogP contribution >= 0.6 is 0 Å². The molecule has 1 rings (SSSR count). The van der Waals surface area contributed by atoms with Gasteiger partial charge in [0.2, 0.25) is 10.0 Å². The Morgan fingerprint density at radius 1 is 1.35 bits per heavy atom. The van der Waals surface area contributed by atoms with Crippen LogP contribution in [0.4, 0.5) is 0 Å². The molecule has 0 unspecified atom stereocenters.